The number of amides is 1. The maximum absolute atomic E-state index is 14.1. The molecule has 2 aromatic carbocycles. The predicted octanol–water partition coefficient (Wildman–Crippen LogP) is 4.20. The van der Waals surface area contributed by atoms with Crippen molar-refractivity contribution in [2.24, 2.45) is 0 Å². The quantitative estimate of drug-likeness (QED) is 0.510. The number of rotatable bonds is 4. The van der Waals surface area contributed by atoms with Gasteiger partial charge < -0.3 is 10.1 Å². The topological polar surface area (TPSA) is 55.4 Å². The standard InChI is InChI=1S/C17H12ClF2NO3/c1-10(22)24-17-14(19)7-5-11(16(17)20)6-8-15(23)21-13-4-2-3-12(18)9-13/h2-9H,1H3,(H,21,23). The van der Waals surface area contributed by atoms with Gasteiger partial charge in [-0.15, -0.1) is 0 Å². The van der Waals surface area contributed by atoms with E-state index >= 15 is 0 Å². The van der Waals surface area contributed by atoms with Crippen molar-refractivity contribution in [1.82, 2.24) is 0 Å². The summed E-state index contributed by atoms with van der Waals surface area (Å²) in [4.78, 5) is 22.7. The van der Waals surface area contributed by atoms with Crippen LogP contribution in [0.4, 0.5) is 14.5 Å². The molecule has 0 heterocycles. The van der Waals surface area contributed by atoms with Crippen molar-refractivity contribution in [3.05, 3.63) is 64.7 Å². The van der Waals surface area contributed by atoms with Crippen LogP contribution < -0.4 is 10.1 Å². The number of halogens is 3. The van der Waals surface area contributed by atoms with Gasteiger partial charge in [0.2, 0.25) is 11.7 Å². The van der Waals surface area contributed by atoms with Crippen molar-refractivity contribution < 1.29 is 23.1 Å². The molecule has 4 nitrogen and oxygen atoms in total. The summed E-state index contributed by atoms with van der Waals surface area (Å²) in [6.07, 6.45) is 2.20. The van der Waals surface area contributed by atoms with Crippen LogP contribution in [0.1, 0.15) is 12.5 Å². The Labute approximate surface area is 141 Å². The summed E-state index contributed by atoms with van der Waals surface area (Å²) >= 11 is 5.80. The van der Waals surface area contributed by atoms with E-state index in [0.29, 0.717) is 10.7 Å². The van der Waals surface area contributed by atoms with Gasteiger partial charge in [0, 0.05) is 29.3 Å². The van der Waals surface area contributed by atoms with Crippen molar-refractivity contribution in [2.75, 3.05) is 5.32 Å². The van der Waals surface area contributed by atoms with E-state index in [-0.39, 0.29) is 5.56 Å². The second-order valence-corrected chi connectivity index (χ2v) is 5.14. The maximum atomic E-state index is 14.1. The third-order valence-corrected chi connectivity index (χ3v) is 3.07. The van der Waals surface area contributed by atoms with Gasteiger partial charge >= 0.3 is 5.97 Å². The van der Waals surface area contributed by atoms with Crippen molar-refractivity contribution in [2.45, 2.75) is 6.92 Å². The Balaban J connectivity index is 2.16. The molecule has 0 spiro atoms. The number of anilines is 1. The summed E-state index contributed by atoms with van der Waals surface area (Å²) in [5.41, 5.74) is 0.367. The molecule has 0 aliphatic rings. The van der Waals surface area contributed by atoms with Crippen molar-refractivity contribution >= 4 is 35.2 Å². The van der Waals surface area contributed by atoms with Crippen LogP contribution in [0.25, 0.3) is 6.08 Å². The molecule has 0 aromatic heterocycles. The molecule has 2 rings (SSSR count). The fraction of sp³-hybridized carbons (Fsp3) is 0.0588. The van der Waals surface area contributed by atoms with Gasteiger partial charge in [0.15, 0.2) is 11.6 Å². The van der Waals surface area contributed by atoms with E-state index in [4.69, 9.17) is 11.6 Å². The molecule has 1 N–H and O–H groups in total. The Kier molecular flexibility index (Phi) is 5.65. The highest BCUT2D eigenvalue weighted by atomic mass is 35.5. The average molecular weight is 352 g/mol. The number of benzene rings is 2. The number of carbonyl (C=O) groups is 2. The van der Waals surface area contributed by atoms with Crippen LogP contribution in [0.15, 0.2) is 42.5 Å². The molecule has 24 heavy (non-hydrogen) atoms. The zero-order valence-electron chi connectivity index (χ0n) is 12.5. The lowest BCUT2D eigenvalue weighted by molar-refractivity contribution is -0.132. The number of hydrogen-bond donors (Lipinski definition) is 1. The molecule has 0 bridgehead atoms. The molecule has 0 saturated carbocycles. The number of nitrogens with one attached hydrogen (secondary N) is 1. The second-order valence-electron chi connectivity index (χ2n) is 4.71. The number of carbonyl (C=O) groups excluding carboxylic acids is 2. The maximum Gasteiger partial charge on any atom is 0.308 e. The van der Waals surface area contributed by atoms with Crippen LogP contribution in [-0.4, -0.2) is 11.9 Å². The van der Waals surface area contributed by atoms with Crippen LogP contribution >= 0.6 is 11.6 Å². The third-order valence-electron chi connectivity index (χ3n) is 2.83. The summed E-state index contributed by atoms with van der Waals surface area (Å²) in [5.74, 6) is -4.28. The molecule has 124 valence electrons. The molecule has 0 fully saturated rings. The third kappa shape index (κ3) is 4.63. The highest BCUT2D eigenvalue weighted by Gasteiger charge is 2.15. The fourth-order valence-electron chi connectivity index (χ4n) is 1.83. The molecular formula is C17H12ClF2NO3. The van der Waals surface area contributed by atoms with Gasteiger partial charge in [-0.2, -0.15) is 0 Å². The Morgan fingerprint density at radius 1 is 1.21 bits per heavy atom. The van der Waals surface area contributed by atoms with Gasteiger partial charge in [0.05, 0.1) is 0 Å². The number of hydrogen-bond acceptors (Lipinski definition) is 3. The summed E-state index contributed by atoms with van der Waals surface area (Å²) in [6, 6.07) is 8.56. The first-order chi connectivity index (χ1) is 11.4. The lowest BCUT2D eigenvalue weighted by atomic mass is 10.1. The largest absolute Gasteiger partial charge is 0.420 e. The van der Waals surface area contributed by atoms with Crippen LogP contribution in [0, 0.1) is 11.6 Å². The second kappa shape index (κ2) is 7.70. The van der Waals surface area contributed by atoms with Gasteiger partial charge in [0.1, 0.15) is 0 Å². The molecule has 0 aliphatic carbocycles. The predicted molar refractivity (Wildman–Crippen MR) is 86.8 cm³/mol. The monoisotopic (exact) mass is 351 g/mol. The summed E-state index contributed by atoms with van der Waals surface area (Å²) < 4.78 is 32.1. The Morgan fingerprint density at radius 3 is 2.62 bits per heavy atom. The molecule has 0 unspecified atom stereocenters. The van der Waals surface area contributed by atoms with E-state index in [0.717, 1.165) is 31.2 Å². The molecule has 0 aliphatic heterocycles. The van der Waals surface area contributed by atoms with Crippen molar-refractivity contribution in [1.29, 1.82) is 0 Å². The smallest absolute Gasteiger partial charge is 0.308 e. The number of esters is 1. The number of ether oxygens (including phenoxy) is 1. The van der Waals surface area contributed by atoms with E-state index in [9.17, 15) is 18.4 Å². The van der Waals surface area contributed by atoms with Gasteiger partial charge in [-0.3, -0.25) is 9.59 Å². The van der Waals surface area contributed by atoms with Gasteiger partial charge in [-0.1, -0.05) is 17.7 Å². The van der Waals surface area contributed by atoms with E-state index in [2.05, 4.69) is 10.1 Å². The fourth-order valence-corrected chi connectivity index (χ4v) is 2.02. The van der Waals surface area contributed by atoms with Crippen LogP contribution in [0.3, 0.4) is 0 Å². The minimum atomic E-state index is -1.07. The Hall–Kier alpha value is -2.73. The van der Waals surface area contributed by atoms with Crippen molar-refractivity contribution in [3.63, 3.8) is 0 Å². The van der Waals surface area contributed by atoms with Crippen LogP contribution in [0.2, 0.25) is 5.02 Å². The minimum Gasteiger partial charge on any atom is -0.420 e. The lowest BCUT2D eigenvalue weighted by Crippen LogP contribution is -2.08. The van der Waals surface area contributed by atoms with Crippen molar-refractivity contribution in [3.8, 4) is 5.75 Å². The highest BCUT2D eigenvalue weighted by Crippen LogP contribution is 2.25. The molecule has 1 amide bonds. The summed E-state index contributed by atoms with van der Waals surface area (Å²) in [6.45, 7) is 1.03. The van der Waals surface area contributed by atoms with E-state index in [1.54, 1.807) is 24.3 Å². The Morgan fingerprint density at radius 2 is 1.96 bits per heavy atom. The normalized spacial score (nSPS) is 10.7. The van der Waals surface area contributed by atoms with Gasteiger partial charge in [-0.05, 0) is 36.4 Å². The van der Waals surface area contributed by atoms with E-state index in [1.807, 2.05) is 0 Å². The molecular weight excluding hydrogens is 340 g/mol. The average Bonchev–Trinajstić information content (AvgIpc) is 2.50. The lowest BCUT2D eigenvalue weighted by Gasteiger charge is -2.06. The van der Waals surface area contributed by atoms with E-state index in [1.165, 1.54) is 0 Å². The first-order valence-corrected chi connectivity index (χ1v) is 7.15. The SMILES string of the molecule is CC(=O)Oc1c(F)ccc(C=CC(=O)Nc2cccc(Cl)c2)c1F. The molecule has 7 heteroatoms. The van der Waals surface area contributed by atoms with E-state index < -0.39 is 29.3 Å². The zero-order valence-corrected chi connectivity index (χ0v) is 13.2. The summed E-state index contributed by atoms with van der Waals surface area (Å²) in [5, 5.41) is 2.99. The van der Waals surface area contributed by atoms with Crippen LogP contribution in [-0.2, 0) is 9.59 Å². The van der Waals surface area contributed by atoms with Crippen LogP contribution in [0.5, 0.6) is 5.75 Å². The minimum absolute atomic E-state index is 0.103. The summed E-state index contributed by atoms with van der Waals surface area (Å²) in [7, 11) is 0. The van der Waals surface area contributed by atoms with Gasteiger partial charge in [0.25, 0.3) is 0 Å². The Bertz CT molecular complexity index is 821. The first kappa shape index (κ1) is 17.6. The molecule has 0 radical (unpaired) electrons. The molecule has 0 saturated heterocycles. The zero-order chi connectivity index (χ0) is 17.7. The molecule has 0 atom stereocenters. The first-order valence-electron chi connectivity index (χ1n) is 6.78. The molecule has 2 aromatic rings. The van der Waals surface area contributed by atoms with Gasteiger partial charge in [-0.25, -0.2) is 8.78 Å². The highest BCUT2D eigenvalue weighted by molar-refractivity contribution is 6.30.